The van der Waals surface area contributed by atoms with Crippen LogP contribution in [0.3, 0.4) is 0 Å². The molecule has 0 spiro atoms. The van der Waals surface area contributed by atoms with Crippen LogP contribution in [0.2, 0.25) is 0 Å². The molecule has 3 aromatic rings. The maximum absolute atomic E-state index is 11.9. The smallest absolute Gasteiger partial charge is 0.238 e. The van der Waals surface area contributed by atoms with E-state index in [0.717, 1.165) is 80.6 Å². The number of halogens is 2. The summed E-state index contributed by atoms with van der Waals surface area (Å²) < 4.78 is 36.9. The van der Waals surface area contributed by atoms with Crippen molar-refractivity contribution in [3.8, 4) is 24.4 Å². The molecule has 0 bridgehead atoms. The molecule has 2 saturated heterocycles. The van der Waals surface area contributed by atoms with Crippen LogP contribution >= 0.6 is 0 Å². The lowest BCUT2D eigenvalue weighted by atomic mass is 10.1. The van der Waals surface area contributed by atoms with Crippen LogP contribution in [0.25, 0.3) is 5.69 Å². The number of ether oxygens (including phenoxy) is 2. The van der Waals surface area contributed by atoms with Crippen LogP contribution in [0.4, 0.5) is 14.6 Å². The molecule has 2 aromatic carbocycles. The maximum Gasteiger partial charge on any atom is 0.238 e. The minimum Gasteiger partial charge on any atom is -0.473 e. The second-order valence-electron chi connectivity index (χ2n) is 10.1. The van der Waals surface area contributed by atoms with E-state index in [4.69, 9.17) is 19.4 Å². The molecule has 1 aromatic heterocycles. The van der Waals surface area contributed by atoms with Gasteiger partial charge in [-0.05, 0) is 50.6 Å². The molecule has 0 radical (unpaired) electrons. The van der Waals surface area contributed by atoms with E-state index < -0.39 is 11.6 Å². The average Bonchev–Trinajstić information content (AvgIpc) is 3.67. The Hall–Kier alpha value is -4.02. The summed E-state index contributed by atoms with van der Waals surface area (Å²) >= 11 is 0. The van der Waals surface area contributed by atoms with Crippen molar-refractivity contribution in [3.63, 3.8) is 0 Å². The molecule has 1 amide bonds. The molecule has 246 valence electrons. The Balaban J connectivity index is 0.000000267. The van der Waals surface area contributed by atoms with Crippen molar-refractivity contribution in [3.05, 3.63) is 71.8 Å². The molecule has 2 aliphatic heterocycles. The van der Waals surface area contributed by atoms with Gasteiger partial charge in [0.25, 0.3) is 0 Å². The summed E-state index contributed by atoms with van der Waals surface area (Å²) in [5, 5.41) is 12.4. The third-order valence-electron chi connectivity index (χ3n) is 7.13. The Kier molecular flexibility index (Phi) is 17.2. The highest BCUT2D eigenvalue weighted by Crippen LogP contribution is 2.29. The molecular formula is C33H46F2N6O4. The summed E-state index contributed by atoms with van der Waals surface area (Å²) in [6, 6.07) is 15.3. The Labute approximate surface area is 265 Å². The Morgan fingerprint density at radius 3 is 2.22 bits per heavy atom. The molecule has 1 unspecified atom stereocenters. The maximum atomic E-state index is 11.9. The van der Waals surface area contributed by atoms with E-state index in [-0.39, 0.29) is 12.1 Å². The standard InChI is InChI=1S/C18H26N4O.C7H14N2O3.C6H4F2.C2H2/c1-4-21-12-10-16(11-13-21)23-18-14(2)17(19-3)22(20-18)15-8-6-5-7-9-15;1-11-3-2-9-4-7(5-12-9)8-6-10;7-5-3-1-2-4-6(5)8;1-2/h5-9,16,19H,4,10-13H2,1-3H3;6-7H,2-5H2,1H3,(H,8,10);1-4H;1-2H. The van der Waals surface area contributed by atoms with Crippen LogP contribution in [0.1, 0.15) is 25.3 Å². The number of benzene rings is 2. The highest BCUT2D eigenvalue weighted by Gasteiger charge is 2.24. The third-order valence-corrected chi connectivity index (χ3v) is 7.13. The first-order valence-corrected chi connectivity index (χ1v) is 14.9. The fraction of sp³-hybridized carbons (Fsp3) is 0.455. The molecule has 45 heavy (non-hydrogen) atoms. The number of aromatic nitrogens is 2. The van der Waals surface area contributed by atoms with Gasteiger partial charge in [-0.25, -0.2) is 13.5 Å². The number of hydrogen-bond acceptors (Lipinski definition) is 8. The number of anilines is 1. The van der Waals surface area contributed by atoms with Gasteiger partial charge in [-0.2, -0.15) is 5.06 Å². The van der Waals surface area contributed by atoms with E-state index in [0.29, 0.717) is 19.6 Å². The molecule has 0 aliphatic carbocycles. The second-order valence-corrected chi connectivity index (χ2v) is 10.1. The van der Waals surface area contributed by atoms with Crippen molar-refractivity contribution in [2.24, 2.45) is 0 Å². The molecule has 1 atom stereocenters. The number of hydrogen-bond donors (Lipinski definition) is 2. The van der Waals surface area contributed by atoms with Gasteiger partial charge < -0.3 is 25.0 Å². The largest absolute Gasteiger partial charge is 0.473 e. The summed E-state index contributed by atoms with van der Waals surface area (Å²) in [5.41, 5.74) is 2.10. The van der Waals surface area contributed by atoms with Crippen LogP contribution in [0.15, 0.2) is 54.6 Å². The third kappa shape index (κ3) is 12.1. The number of carbonyl (C=O) groups excluding carboxylic acids is 1. The molecule has 10 nitrogen and oxygen atoms in total. The van der Waals surface area contributed by atoms with Crippen LogP contribution in [-0.4, -0.2) is 98.4 Å². The zero-order valence-corrected chi connectivity index (χ0v) is 26.6. The normalized spacial score (nSPS) is 16.6. The van der Waals surface area contributed by atoms with E-state index in [1.165, 1.54) is 12.1 Å². The zero-order valence-electron chi connectivity index (χ0n) is 26.6. The molecule has 2 N–H and O–H groups in total. The zero-order chi connectivity index (χ0) is 33.0. The van der Waals surface area contributed by atoms with Gasteiger partial charge in [-0.1, -0.05) is 37.3 Å². The van der Waals surface area contributed by atoms with Crippen molar-refractivity contribution >= 4 is 12.2 Å². The summed E-state index contributed by atoms with van der Waals surface area (Å²) in [7, 11) is 3.57. The van der Waals surface area contributed by atoms with Crippen molar-refractivity contribution in [1.29, 1.82) is 0 Å². The fourth-order valence-corrected chi connectivity index (χ4v) is 4.67. The summed E-state index contributed by atoms with van der Waals surface area (Å²) in [6.45, 7) is 10.3. The Morgan fingerprint density at radius 1 is 1.07 bits per heavy atom. The van der Waals surface area contributed by atoms with E-state index in [2.05, 4.69) is 54.4 Å². The molecular weight excluding hydrogens is 582 g/mol. The minimum atomic E-state index is -0.799. The number of hydroxylamine groups is 2. The fourth-order valence-electron chi connectivity index (χ4n) is 4.67. The summed E-state index contributed by atoms with van der Waals surface area (Å²) in [4.78, 5) is 17.8. The van der Waals surface area contributed by atoms with Gasteiger partial charge in [0, 0.05) is 40.3 Å². The molecule has 5 rings (SSSR count). The first-order valence-electron chi connectivity index (χ1n) is 14.9. The highest BCUT2D eigenvalue weighted by molar-refractivity contribution is 5.54. The van der Waals surface area contributed by atoms with Gasteiger partial charge >= 0.3 is 0 Å². The number of likely N-dealkylation sites (tertiary alicyclic amines) is 1. The number of nitrogens with one attached hydrogen (secondary N) is 2. The molecule has 0 saturated carbocycles. The monoisotopic (exact) mass is 628 g/mol. The van der Waals surface area contributed by atoms with Gasteiger partial charge in [0.1, 0.15) is 11.9 Å². The quantitative estimate of drug-likeness (QED) is 0.254. The van der Waals surface area contributed by atoms with E-state index in [9.17, 15) is 13.6 Å². The summed E-state index contributed by atoms with van der Waals surface area (Å²) in [6.07, 6.45) is 11.1. The predicted octanol–water partition coefficient (Wildman–Crippen LogP) is 4.29. The van der Waals surface area contributed by atoms with Gasteiger partial charge in [-0.3, -0.25) is 9.63 Å². The molecule has 3 heterocycles. The SMILES string of the molecule is C#C.CCN1CCC(Oc2nn(-c3ccccc3)c(NC)c2C)CC1.COCCN1CC(NC=O)CO1.Fc1ccccc1F. The molecule has 12 heteroatoms. The van der Waals surface area contributed by atoms with Gasteiger partial charge in [0.15, 0.2) is 11.6 Å². The summed E-state index contributed by atoms with van der Waals surface area (Å²) in [5.74, 6) is 0.130. The Bertz CT molecular complexity index is 1250. The number of rotatable bonds is 10. The predicted molar refractivity (Wildman–Crippen MR) is 172 cm³/mol. The number of carbonyl (C=O) groups is 1. The number of para-hydroxylation sites is 1. The minimum absolute atomic E-state index is 0.124. The Morgan fingerprint density at radius 2 is 1.69 bits per heavy atom. The first kappa shape index (κ1) is 37.2. The van der Waals surface area contributed by atoms with E-state index >= 15 is 0 Å². The van der Waals surface area contributed by atoms with Crippen LogP contribution in [0, 0.1) is 31.4 Å². The lowest BCUT2D eigenvalue weighted by molar-refractivity contribution is -0.118. The van der Waals surface area contributed by atoms with Crippen molar-refractivity contribution < 1.29 is 27.9 Å². The number of nitrogens with zero attached hydrogens (tertiary/aromatic N) is 4. The van der Waals surface area contributed by atoms with Crippen molar-refractivity contribution in [2.75, 3.05) is 65.4 Å². The lowest BCUT2D eigenvalue weighted by Crippen LogP contribution is -2.38. The van der Waals surface area contributed by atoms with Crippen LogP contribution in [-0.2, 0) is 14.4 Å². The average molecular weight is 629 g/mol. The van der Waals surface area contributed by atoms with Gasteiger partial charge in [0.2, 0.25) is 12.3 Å². The number of piperidine rings is 1. The lowest BCUT2D eigenvalue weighted by Gasteiger charge is -2.30. The van der Waals surface area contributed by atoms with E-state index in [1.807, 2.05) is 29.9 Å². The van der Waals surface area contributed by atoms with Crippen LogP contribution in [0.5, 0.6) is 5.88 Å². The van der Waals surface area contributed by atoms with Crippen molar-refractivity contribution in [1.82, 2.24) is 25.1 Å². The topological polar surface area (TPSA) is 93.1 Å². The van der Waals surface area contributed by atoms with Crippen LogP contribution < -0.4 is 15.4 Å². The van der Waals surface area contributed by atoms with Crippen molar-refractivity contribution in [2.45, 2.75) is 38.8 Å². The van der Waals surface area contributed by atoms with E-state index in [1.54, 1.807) is 12.2 Å². The number of terminal acetylenes is 1. The molecule has 2 fully saturated rings. The highest BCUT2D eigenvalue weighted by atomic mass is 19.2. The van der Waals surface area contributed by atoms with Gasteiger partial charge in [-0.15, -0.1) is 17.9 Å². The molecule has 2 aliphatic rings. The second kappa shape index (κ2) is 20.8. The number of amides is 1. The number of methoxy groups -OCH3 is 1. The first-order chi connectivity index (χ1) is 21.9. The van der Waals surface area contributed by atoms with Gasteiger partial charge in [0.05, 0.1) is 30.5 Å².